The summed E-state index contributed by atoms with van der Waals surface area (Å²) in [6.45, 7) is 3.21. The van der Waals surface area contributed by atoms with Gasteiger partial charge in [0.25, 0.3) is 5.69 Å². The van der Waals surface area contributed by atoms with Crippen molar-refractivity contribution in [3.05, 3.63) is 58.1 Å². The first-order valence-corrected chi connectivity index (χ1v) is 8.55. The smallest absolute Gasteiger partial charge is 0.346 e. The standard InChI is InChI=1S/C16H15NO7S/c1-11-7-13(23-12(2)10-18)9-14(8-11)24-25(21,22)16-6-4-3-5-15(16)17(19)20/h3-10,12H,1-2H3. The van der Waals surface area contributed by atoms with Crippen LogP contribution in [-0.2, 0) is 14.9 Å². The molecule has 132 valence electrons. The van der Waals surface area contributed by atoms with Gasteiger partial charge in [0.15, 0.2) is 17.3 Å². The number of carbonyl (C=O) groups excluding carboxylic acids is 1. The van der Waals surface area contributed by atoms with E-state index in [-0.39, 0.29) is 11.5 Å². The number of rotatable bonds is 7. The van der Waals surface area contributed by atoms with Crippen molar-refractivity contribution < 1.29 is 27.1 Å². The molecule has 0 aliphatic rings. The summed E-state index contributed by atoms with van der Waals surface area (Å²) in [7, 11) is -4.42. The Morgan fingerprint density at radius 3 is 2.44 bits per heavy atom. The fraction of sp³-hybridized carbons (Fsp3) is 0.188. The lowest BCUT2D eigenvalue weighted by atomic mass is 10.2. The Morgan fingerprint density at radius 2 is 1.80 bits per heavy atom. The molecule has 0 spiro atoms. The van der Waals surface area contributed by atoms with E-state index in [9.17, 15) is 23.3 Å². The van der Waals surface area contributed by atoms with Crippen molar-refractivity contribution in [2.75, 3.05) is 0 Å². The number of carbonyl (C=O) groups is 1. The molecule has 2 aromatic rings. The number of aldehydes is 1. The molecule has 2 rings (SSSR count). The number of nitro groups is 1. The van der Waals surface area contributed by atoms with E-state index >= 15 is 0 Å². The second-order valence-corrected chi connectivity index (χ2v) is 6.72. The van der Waals surface area contributed by atoms with E-state index in [1.54, 1.807) is 13.0 Å². The Hall–Kier alpha value is -2.94. The van der Waals surface area contributed by atoms with E-state index in [4.69, 9.17) is 8.92 Å². The fourth-order valence-corrected chi connectivity index (χ4v) is 3.15. The van der Waals surface area contributed by atoms with E-state index in [0.717, 1.165) is 12.1 Å². The van der Waals surface area contributed by atoms with Crippen molar-refractivity contribution in [1.29, 1.82) is 0 Å². The highest BCUT2D eigenvalue weighted by Crippen LogP contribution is 2.29. The predicted octanol–water partition coefficient (Wildman–Crippen LogP) is 2.64. The topological polar surface area (TPSA) is 113 Å². The Morgan fingerprint density at radius 1 is 1.16 bits per heavy atom. The van der Waals surface area contributed by atoms with Crippen LogP contribution in [0.1, 0.15) is 12.5 Å². The monoisotopic (exact) mass is 365 g/mol. The Bertz CT molecular complexity index is 908. The molecule has 25 heavy (non-hydrogen) atoms. The van der Waals surface area contributed by atoms with E-state index in [1.165, 1.54) is 31.2 Å². The van der Waals surface area contributed by atoms with Crippen LogP contribution in [0, 0.1) is 17.0 Å². The average Bonchev–Trinajstić information content (AvgIpc) is 2.53. The molecule has 0 fully saturated rings. The highest BCUT2D eigenvalue weighted by Gasteiger charge is 2.27. The lowest BCUT2D eigenvalue weighted by Crippen LogP contribution is -2.14. The van der Waals surface area contributed by atoms with Crippen molar-refractivity contribution in [1.82, 2.24) is 0 Å². The summed E-state index contributed by atoms with van der Waals surface area (Å²) in [6.07, 6.45) is -0.131. The minimum atomic E-state index is -4.42. The van der Waals surface area contributed by atoms with Gasteiger partial charge in [-0.1, -0.05) is 12.1 Å². The maximum Gasteiger partial charge on any atom is 0.346 e. The zero-order valence-electron chi connectivity index (χ0n) is 13.4. The number of benzene rings is 2. The molecule has 0 saturated carbocycles. The molecule has 0 aliphatic heterocycles. The zero-order chi connectivity index (χ0) is 18.6. The summed E-state index contributed by atoms with van der Waals surface area (Å²) in [5, 5.41) is 11.0. The van der Waals surface area contributed by atoms with Gasteiger partial charge < -0.3 is 8.92 Å². The summed E-state index contributed by atoms with van der Waals surface area (Å²) in [4.78, 5) is 20.3. The highest BCUT2D eigenvalue weighted by atomic mass is 32.2. The molecule has 0 bridgehead atoms. The third-order valence-electron chi connectivity index (χ3n) is 3.08. The van der Waals surface area contributed by atoms with Crippen molar-refractivity contribution in [2.24, 2.45) is 0 Å². The van der Waals surface area contributed by atoms with Crippen LogP contribution in [-0.4, -0.2) is 25.7 Å². The molecular formula is C16H15NO7S. The van der Waals surface area contributed by atoms with Gasteiger partial charge in [0.1, 0.15) is 11.5 Å². The maximum atomic E-state index is 12.4. The molecule has 0 saturated heterocycles. The van der Waals surface area contributed by atoms with Crippen LogP contribution in [0.25, 0.3) is 0 Å². The van der Waals surface area contributed by atoms with Crippen LogP contribution in [0.15, 0.2) is 47.4 Å². The van der Waals surface area contributed by atoms with Gasteiger partial charge in [0, 0.05) is 12.1 Å². The normalized spacial score (nSPS) is 12.2. The predicted molar refractivity (Wildman–Crippen MR) is 88.2 cm³/mol. The van der Waals surface area contributed by atoms with Gasteiger partial charge in [-0.15, -0.1) is 0 Å². The van der Waals surface area contributed by atoms with E-state index < -0.39 is 31.7 Å². The van der Waals surface area contributed by atoms with Crippen LogP contribution in [0.4, 0.5) is 5.69 Å². The molecule has 8 nitrogen and oxygen atoms in total. The Kier molecular flexibility index (Phi) is 5.38. The van der Waals surface area contributed by atoms with Crippen molar-refractivity contribution in [3.63, 3.8) is 0 Å². The lowest BCUT2D eigenvalue weighted by molar-refractivity contribution is -0.387. The molecule has 1 atom stereocenters. The summed E-state index contributed by atoms with van der Waals surface area (Å²) < 4.78 is 35.1. The van der Waals surface area contributed by atoms with Gasteiger partial charge >= 0.3 is 10.1 Å². The van der Waals surface area contributed by atoms with E-state index in [0.29, 0.717) is 11.8 Å². The SMILES string of the molecule is Cc1cc(OC(C)C=O)cc(OS(=O)(=O)c2ccccc2[N+](=O)[O-])c1. The van der Waals surface area contributed by atoms with Gasteiger partial charge in [0.05, 0.1) is 4.92 Å². The zero-order valence-corrected chi connectivity index (χ0v) is 14.2. The van der Waals surface area contributed by atoms with Crippen LogP contribution in [0.2, 0.25) is 0 Å². The minimum absolute atomic E-state index is 0.0775. The molecule has 1 unspecified atom stereocenters. The lowest BCUT2D eigenvalue weighted by Gasteiger charge is -2.12. The number of hydrogen-bond acceptors (Lipinski definition) is 7. The van der Waals surface area contributed by atoms with Gasteiger partial charge in [-0.2, -0.15) is 8.42 Å². The Labute approximate surface area is 144 Å². The van der Waals surface area contributed by atoms with E-state index in [1.807, 2.05) is 0 Å². The summed E-state index contributed by atoms with van der Waals surface area (Å²) in [5.74, 6) is 0.165. The molecule has 0 aliphatic carbocycles. The van der Waals surface area contributed by atoms with Gasteiger partial charge in [-0.05, 0) is 37.6 Å². The van der Waals surface area contributed by atoms with Crippen LogP contribution >= 0.6 is 0 Å². The van der Waals surface area contributed by atoms with Crippen molar-refractivity contribution >= 4 is 22.1 Å². The molecule has 0 N–H and O–H groups in total. The highest BCUT2D eigenvalue weighted by molar-refractivity contribution is 7.87. The second kappa shape index (κ2) is 7.31. The quantitative estimate of drug-likeness (QED) is 0.321. The number of para-hydroxylation sites is 1. The summed E-state index contributed by atoms with van der Waals surface area (Å²) in [6, 6.07) is 9.22. The summed E-state index contributed by atoms with van der Waals surface area (Å²) in [5.41, 5.74) is 0.0459. The van der Waals surface area contributed by atoms with Crippen molar-refractivity contribution in [3.8, 4) is 11.5 Å². The van der Waals surface area contributed by atoms with Crippen molar-refractivity contribution in [2.45, 2.75) is 24.8 Å². The number of nitro benzene ring substituents is 1. The number of nitrogens with zero attached hydrogens (tertiary/aromatic N) is 1. The molecular weight excluding hydrogens is 350 g/mol. The van der Waals surface area contributed by atoms with Gasteiger partial charge in [0.2, 0.25) is 0 Å². The molecule has 0 aromatic heterocycles. The molecule has 0 radical (unpaired) electrons. The maximum absolute atomic E-state index is 12.4. The first-order chi connectivity index (χ1) is 11.7. The van der Waals surface area contributed by atoms with Crippen LogP contribution < -0.4 is 8.92 Å². The van der Waals surface area contributed by atoms with Crippen LogP contribution in [0.3, 0.4) is 0 Å². The fourth-order valence-electron chi connectivity index (χ4n) is 2.06. The summed E-state index contributed by atoms with van der Waals surface area (Å²) >= 11 is 0. The largest absolute Gasteiger partial charge is 0.483 e. The van der Waals surface area contributed by atoms with Gasteiger partial charge in [-0.25, -0.2) is 0 Å². The third kappa shape index (κ3) is 4.54. The molecule has 2 aromatic carbocycles. The van der Waals surface area contributed by atoms with E-state index in [2.05, 4.69) is 0 Å². The number of aryl methyl sites for hydroxylation is 1. The molecule has 0 heterocycles. The third-order valence-corrected chi connectivity index (χ3v) is 4.37. The Balaban J connectivity index is 2.38. The number of hydrogen-bond donors (Lipinski definition) is 0. The first kappa shape index (κ1) is 18.4. The number of ether oxygens (including phenoxy) is 1. The molecule has 9 heteroatoms. The average molecular weight is 365 g/mol. The van der Waals surface area contributed by atoms with Gasteiger partial charge in [-0.3, -0.25) is 14.9 Å². The second-order valence-electron chi connectivity index (χ2n) is 5.20. The molecule has 0 amide bonds. The first-order valence-electron chi connectivity index (χ1n) is 7.14. The minimum Gasteiger partial charge on any atom is -0.483 e. The van der Waals surface area contributed by atoms with Crippen LogP contribution in [0.5, 0.6) is 11.5 Å².